The molecule has 3 rings (SSSR count). The highest BCUT2D eigenvalue weighted by molar-refractivity contribution is 6.74. The predicted octanol–water partition coefficient (Wildman–Crippen LogP) is 7.50. The highest BCUT2D eigenvalue weighted by Gasteiger charge is 2.37. The average Bonchev–Trinajstić information content (AvgIpc) is 2.83. The molecule has 1 N–H and O–H groups in total. The number of allylic oxidation sites excluding steroid dienone is 1. The highest BCUT2D eigenvalue weighted by Crippen LogP contribution is 2.37. The minimum Gasteiger partial charge on any atom is -0.472 e. The van der Waals surface area contributed by atoms with Gasteiger partial charge in [-0.25, -0.2) is 0 Å². The first kappa shape index (κ1) is 27.2. The Bertz CT molecular complexity index is 803. The number of benzene rings is 1. The van der Waals surface area contributed by atoms with Crippen molar-refractivity contribution in [2.45, 2.75) is 109 Å². The Morgan fingerprint density at radius 3 is 2.44 bits per heavy atom. The van der Waals surface area contributed by atoms with Gasteiger partial charge in [0.1, 0.15) is 0 Å². The van der Waals surface area contributed by atoms with Crippen molar-refractivity contribution in [2.75, 3.05) is 6.61 Å². The number of aliphatic hydroxyl groups is 1. The van der Waals surface area contributed by atoms with Gasteiger partial charge in [-0.3, -0.25) is 0 Å². The van der Waals surface area contributed by atoms with Crippen LogP contribution in [0.1, 0.15) is 77.7 Å². The summed E-state index contributed by atoms with van der Waals surface area (Å²) >= 11 is 0. The molecule has 0 aromatic heterocycles. The second-order valence-corrected chi connectivity index (χ2v) is 16.3. The zero-order valence-corrected chi connectivity index (χ0v) is 23.0. The van der Waals surface area contributed by atoms with Gasteiger partial charge in [-0.15, -0.1) is 0 Å². The van der Waals surface area contributed by atoms with Crippen LogP contribution in [0.4, 0.5) is 0 Å². The molecular weight excluding hydrogens is 440 g/mol. The monoisotopic (exact) mass is 486 g/mol. The molecule has 2 atom stereocenters. The second kappa shape index (κ2) is 12.5. The van der Waals surface area contributed by atoms with Gasteiger partial charge in [0.05, 0.1) is 19.0 Å². The van der Waals surface area contributed by atoms with Crippen LogP contribution in [0.2, 0.25) is 18.1 Å². The summed E-state index contributed by atoms with van der Waals surface area (Å²) in [7, 11) is -1.81. The molecule has 4 nitrogen and oxygen atoms in total. The third-order valence-electron chi connectivity index (χ3n) is 7.85. The average molecular weight is 487 g/mol. The summed E-state index contributed by atoms with van der Waals surface area (Å²) in [6, 6.07) is 10.2. The van der Waals surface area contributed by atoms with Crippen LogP contribution in [-0.2, 0) is 20.5 Å². The van der Waals surface area contributed by atoms with Crippen LogP contribution in [0.3, 0.4) is 0 Å². The third-order valence-corrected chi connectivity index (χ3v) is 12.4. The van der Waals surface area contributed by atoms with Crippen LogP contribution in [-0.4, -0.2) is 32.4 Å². The smallest absolute Gasteiger partial charge is 0.199 e. The van der Waals surface area contributed by atoms with Crippen LogP contribution < -0.4 is 0 Å². The van der Waals surface area contributed by atoms with Gasteiger partial charge in [-0.05, 0) is 66.4 Å². The Balaban J connectivity index is 1.63. The summed E-state index contributed by atoms with van der Waals surface area (Å²) in [6.45, 7) is 12.7. The van der Waals surface area contributed by atoms with Gasteiger partial charge < -0.3 is 19.0 Å². The van der Waals surface area contributed by atoms with Crippen molar-refractivity contribution in [3.63, 3.8) is 0 Å². The maximum absolute atomic E-state index is 11.0. The lowest BCUT2D eigenvalue weighted by atomic mass is 9.83. The fourth-order valence-corrected chi connectivity index (χ4v) is 5.53. The summed E-state index contributed by atoms with van der Waals surface area (Å²) < 4.78 is 18.4. The fraction of sp³-hybridized carbons (Fsp3) is 0.655. The van der Waals surface area contributed by atoms with Crippen molar-refractivity contribution in [2.24, 2.45) is 5.92 Å². The Hall–Kier alpha value is -1.40. The molecule has 0 bridgehead atoms. The summed E-state index contributed by atoms with van der Waals surface area (Å²) in [5, 5.41) is 11.2. The van der Waals surface area contributed by atoms with Crippen LogP contribution in [0.5, 0.6) is 0 Å². The molecule has 1 fully saturated rings. The molecule has 1 aromatic carbocycles. The van der Waals surface area contributed by atoms with E-state index in [2.05, 4.69) is 52.1 Å². The molecule has 2 unspecified atom stereocenters. The first-order valence-electron chi connectivity index (χ1n) is 13.2. The van der Waals surface area contributed by atoms with Gasteiger partial charge in [0.25, 0.3) is 0 Å². The Kier molecular flexibility index (Phi) is 10.0. The SMILES string of the molecule is CC(C)(C)[Si](C)(C)OCC/C(=C\C(O)C1CCCCC1)C1=COC(OCc2ccccc2)CC1. The van der Waals surface area contributed by atoms with Crippen molar-refractivity contribution in [1.82, 2.24) is 0 Å². The van der Waals surface area contributed by atoms with E-state index in [0.29, 0.717) is 19.1 Å². The topological polar surface area (TPSA) is 47.9 Å². The number of ether oxygens (including phenoxy) is 2. The lowest BCUT2D eigenvalue weighted by molar-refractivity contribution is -0.124. The Morgan fingerprint density at radius 1 is 1.12 bits per heavy atom. The van der Waals surface area contributed by atoms with Gasteiger partial charge in [0.15, 0.2) is 14.6 Å². The Morgan fingerprint density at radius 2 is 1.82 bits per heavy atom. The van der Waals surface area contributed by atoms with E-state index in [9.17, 15) is 5.11 Å². The van der Waals surface area contributed by atoms with Gasteiger partial charge in [-0.2, -0.15) is 0 Å². The van der Waals surface area contributed by atoms with Crippen LogP contribution >= 0.6 is 0 Å². The molecule has 0 saturated heterocycles. The minimum atomic E-state index is -1.81. The second-order valence-electron chi connectivity index (χ2n) is 11.5. The minimum absolute atomic E-state index is 0.190. The van der Waals surface area contributed by atoms with Crippen LogP contribution in [0.25, 0.3) is 0 Å². The predicted molar refractivity (Wildman–Crippen MR) is 142 cm³/mol. The molecule has 1 aliphatic heterocycles. The standard InChI is InChI=1S/C29H46O4Si/c1-29(2,3)34(4,5)33-19-18-25(20-27(30)24-14-10-7-11-15-24)26-16-17-28(32-22-26)31-21-23-12-8-6-9-13-23/h6,8-9,12-13,20,22,24,27-28,30H,7,10-11,14-19,21H2,1-5H3/b25-20+. The van der Waals surface area contributed by atoms with E-state index in [0.717, 1.165) is 37.7 Å². The van der Waals surface area contributed by atoms with Crippen molar-refractivity contribution in [3.05, 3.63) is 59.4 Å². The number of rotatable bonds is 10. The molecule has 190 valence electrons. The largest absolute Gasteiger partial charge is 0.472 e. The maximum Gasteiger partial charge on any atom is 0.199 e. The van der Waals surface area contributed by atoms with Gasteiger partial charge >= 0.3 is 0 Å². The molecular formula is C29H46O4Si. The number of hydrogen-bond donors (Lipinski definition) is 1. The van der Waals surface area contributed by atoms with Gasteiger partial charge in [-0.1, -0.05) is 76.4 Å². The van der Waals surface area contributed by atoms with Crippen molar-refractivity contribution >= 4 is 8.32 Å². The molecule has 1 aromatic rings. The van der Waals surface area contributed by atoms with Crippen LogP contribution in [0.15, 0.2) is 53.8 Å². The first-order chi connectivity index (χ1) is 16.2. The van der Waals surface area contributed by atoms with Gasteiger partial charge in [0, 0.05) is 13.0 Å². The molecule has 1 saturated carbocycles. The summed E-state index contributed by atoms with van der Waals surface area (Å²) in [5.74, 6) is 0.372. The molecule has 1 heterocycles. The van der Waals surface area contributed by atoms with E-state index in [1.165, 1.54) is 30.4 Å². The molecule has 2 aliphatic rings. The van der Waals surface area contributed by atoms with E-state index in [1.54, 1.807) is 0 Å². The first-order valence-corrected chi connectivity index (χ1v) is 16.1. The van der Waals surface area contributed by atoms with E-state index in [4.69, 9.17) is 13.9 Å². The van der Waals surface area contributed by atoms with E-state index in [-0.39, 0.29) is 11.3 Å². The van der Waals surface area contributed by atoms with E-state index in [1.807, 2.05) is 24.5 Å². The Labute approximate surface area is 208 Å². The molecule has 1 aliphatic carbocycles. The molecule has 0 radical (unpaired) electrons. The highest BCUT2D eigenvalue weighted by atomic mass is 28.4. The molecule has 0 amide bonds. The maximum atomic E-state index is 11.0. The number of hydrogen-bond acceptors (Lipinski definition) is 4. The summed E-state index contributed by atoms with van der Waals surface area (Å²) in [6.07, 6.45) is 11.9. The molecule has 34 heavy (non-hydrogen) atoms. The van der Waals surface area contributed by atoms with Crippen molar-refractivity contribution in [3.8, 4) is 0 Å². The van der Waals surface area contributed by atoms with Gasteiger partial charge in [0.2, 0.25) is 0 Å². The zero-order valence-electron chi connectivity index (χ0n) is 22.0. The zero-order chi connectivity index (χ0) is 24.6. The van der Waals surface area contributed by atoms with E-state index < -0.39 is 14.4 Å². The molecule has 5 heteroatoms. The number of aliphatic hydroxyl groups excluding tert-OH is 1. The van der Waals surface area contributed by atoms with Crippen molar-refractivity contribution in [1.29, 1.82) is 0 Å². The fourth-order valence-electron chi connectivity index (χ4n) is 4.48. The summed E-state index contributed by atoms with van der Waals surface area (Å²) in [5.41, 5.74) is 3.51. The lowest BCUT2D eigenvalue weighted by Gasteiger charge is -2.36. The molecule has 0 spiro atoms. The lowest BCUT2D eigenvalue weighted by Crippen LogP contribution is -2.41. The third kappa shape index (κ3) is 8.08. The quantitative estimate of drug-likeness (QED) is 0.348. The van der Waals surface area contributed by atoms with E-state index >= 15 is 0 Å². The normalized spacial score (nSPS) is 21.6. The van der Waals surface area contributed by atoms with Crippen molar-refractivity contribution < 1.29 is 19.0 Å². The van der Waals surface area contributed by atoms with Crippen LogP contribution in [0, 0.1) is 5.92 Å². The summed E-state index contributed by atoms with van der Waals surface area (Å²) in [4.78, 5) is 0.